The van der Waals surface area contributed by atoms with Crippen LogP contribution in [0.1, 0.15) is 78.6 Å². The lowest BCUT2D eigenvalue weighted by molar-refractivity contribution is 0.592. The highest BCUT2D eigenvalue weighted by Gasteiger charge is 1.89. The zero-order chi connectivity index (χ0) is 12.8. The van der Waals surface area contributed by atoms with E-state index in [2.05, 4.69) is 45.1 Å². The van der Waals surface area contributed by atoms with Crippen LogP contribution in [0.25, 0.3) is 0 Å². The number of unbranched alkanes of at least 4 members (excludes halogenated alkanes) is 7. The molecule has 17 heavy (non-hydrogen) atoms. The maximum atomic E-state index is 2.31. The summed E-state index contributed by atoms with van der Waals surface area (Å²) < 4.78 is 0. The van der Waals surface area contributed by atoms with E-state index in [0.717, 1.165) is 5.92 Å². The summed E-state index contributed by atoms with van der Waals surface area (Å²) >= 11 is 0. The molecule has 0 bridgehead atoms. The van der Waals surface area contributed by atoms with E-state index < -0.39 is 0 Å². The van der Waals surface area contributed by atoms with Crippen LogP contribution in [-0.4, -0.2) is 0 Å². The van der Waals surface area contributed by atoms with E-state index in [1.54, 1.807) is 0 Å². The highest BCUT2D eigenvalue weighted by molar-refractivity contribution is 5.03. The van der Waals surface area contributed by atoms with Gasteiger partial charge in [-0.1, -0.05) is 90.0 Å². The summed E-state index contributed by atoms with van der Waals surface area (Å²) in [6, 6.07) is 0. The van der Waals surface area contributed by atoms with Crippen molar-refractivity contribution >= 4 is 0 Å². The van der Waals surface area contributed by atoms with Crippen LogP contribution in [0.4, 0.5) is 0 Å². The first-order valence-electron chi connectivity index (χ1n) is 7.64. The molecule has 0 heteroatoms. The molecule has 0 nitrogen and oxygen atoms in total. The van der Waals surface area contributed by atoms with Crippen molar-refractivity contribution < 1.29 is 0 Å². The predicted molar refractivity (Wildman–Crippen MR) is 80.3 cm³/mol. The zero-order valence-electron chi connectivity index (χ0n) is 12.3. The average Bonchev–Trinajstić information content (AvgIpc) is 2.35. The Kier molecular flexibility index (Phi) is 13.1. The Labute approximate surface area is 109 Å². The van der Waals surface area contributed by atoms with E-state index >= 15 is 0 Å². The molecule has 0 saturated heterocycles. The van der Waals surface area contributed by atoms with Crippen molar-refractivity contribution in [3.05, 3.63) is 24.3 Å². The number of allylic oxidation sites excluding steroid dienone is 4. The van der Waals surface area contributed by atoms with E-state index in [1.165, 1.54) is 57.8 Å². The maximum absolute atomic E-state index is 2.31. The zero-order valence-corrected chi connectivity index (χ0v) is 12.3. The normalized spacial score (nSPS) is 13.8. The molecule has 1 unspecified atom stereocenters. The highest BCUT2D eigenvalue weighted by atomic mass is 14.0. The van der Waals surface area contributed by atoms with Crippen molar-refractivity contribution in [2.24, 2.45) is 5.92 Å². The van der Waals surface area contributed by atoms with Crippen LogP contribution in [-0.2, 0) is 0 Å². The first-order valence-corrected chi connectivity index (χ1v) is 7.64. The van der Waals surface area contributed by atoms with Crippen molar-refractivity contribution in [2.45, 2.75) is 78.6 Å². The van der Waals surface area contributed by atoms with Crippen LogP contribution in [0.15, 0.2) is 24.3 Å². The van der Waals surface area contributed by atoms with Crippen LogP contribution < -0.4 is 0 Å². The third-order valence-corrected chi connectivity index (χ3v) is 3.31. The molecule has 0 aromatic rings. The van der Waals surface area contributed by atoms with Crippen LogP contribution in [0.5, 0.6) is 0 Å². The van der Waals surface area contributed by atoms with Gasteiger partial charge in [0, 0.05) is 0 Å². The maximum Gasteiger partial charge on any atom is -0.0261 e. The molecular formula is C17H32. The molecule has 0 N–H and O–H groups in total. The molecule has 0 aromatic heterocycles. The molecule has 0 saturated carbocycles. The summed E-state index contributed by atoms with van der Waals surface area (Å²) in [5, 5.41) is 0. The Morgan fingerprint density at radius 1 is 0.824 bits per heavy atom. The van der Waals surface area contributed by atoms with Crippen LogP contribution >= 0.6 is 0 Å². The standard InChI is InChI=1S/C17H32/c1-4-6-7-8-9-10-11-12-13-14-15-16-17(3)5-2/h13-17H,4-12H2,1-3H3. The second-order valence-electron chi connectivity index (χ2n) is 5.11. The SMILES string of the molecule is CCCCCCCCCC=CC=CC(C)CC. The summed E-state index contributed by atoms with van der Waals surface area (Å²) in [5.41, 5.74) is 0. The third-order valence-electron chi connectivity index (χ3n) is 3.31. The summed E-state index contributed by atoms with van der Waals surface area (Å²) in [6.07, 6.45) is 21.3. The minimum Gasteiger partial charge on any atom is -0.0845 e. The first kappa shape index (κ1) is 16.5. The molecule has 0 spiro atoms. The molecule has 0 heterocycles. The molecular weight excluding hydrogens is 204 g/mol. The van der Waals surface area contributed by atoms with Crippen molar-refractivity contribution in [1.82, 2.24) is 0 Å². The van der Waals surface area contributed by atoms with E-state index in [9.17, 15) is 0 Å². The number of hydrogen-bond donors (Lipinski definition) is 0. The van der Waals surface area contributed by atoms with Gasteiger partial charge >= 0.3 is 0 Å². The fourth-order valence-electron chi connectivity index (χ4n) is 1.78. The van der Waals surface area contributed by atoms with Crippen LogP contribution in [0, 0.1) is 5.92 Å². The molecule has 1 atom stereocenters. The fourth-order valence-corrected chi connectivity index (χ4v) is 1.78. The van der Waals surface area contributed by atoms with Gasteiger partial charge in [0.2, 0.25) is 0 Å². The molecule has 0 amide bonds. The Hall–Kier alpha value is -0.520. The van der Waals surface area contributed by atoms with Crippen LogP contribution in [0.3, 0.4) is 0 Å². The van der Waals surface area contributed by atoms with Gasteiger partial charge in [0.05, 0.1) is 0 Å². The molecule has 0 aromatic carbocycles. The topological polar surface area (TPSA) is 0 Å². The average molecular weight is 236 g/mol. The fraction of sp³-hybridized carbons (Fsp3) is 0.765. The van der Waals surface area contributed by atoms with Crippen molar-refractivity contribution in [1.29, 1.82) is 0 Å². The van der Waals surface area contributed by atoms with E-state index in [0.29, 0.717) is 0 Å². The number of rotatable bonds is 11. The van der Waals surface area contributed by atoms with Crippen molar-refractivity contribution in [2.75, 3.05) is 0 Å². The lowest BCUT2D eigenvalue weighted by atomic mass is 10.1. The summed E-state index contributed by atoms with van der Waals surface area (Å²) in [7, 11) is 0. The van der Waals surface area contributed by atoms with E-state index in [4.69, 9.17) is 0 Å². The van der Waals surface area contributed by atoms with Gasteiger partial charge in [-0.05, 0) is 18.8 Å². The Morgan fingerprint density at radius 3 is 2.12 bits per heavy atom. The monoisotopic (exact) mass is 236 g/mol. The van der Waals surface area contributed by atoms with Crippen molar-refractivity contribution in [3.63, 3.8) is 0 Å². The predicted octanol–water partition coefficient (Wildman–Crippen LogP) is 6.29. The minimum absolute atomic E-state index is 0.721. The molecule has 0 rings (SSSR count). The van der Waals surface area contributed by atoms with Crippen LogP contribution in [0.2, 0.25) is 0 Å². The smallest absolute Gasteiger partial charge is 0.0261 e. The second-order valence-corrected chi connectivity index (χ2v) is 5.11. The summed E-state index contributed by atoms with van der Waals surface area (Å²) in [4.78, 5) is 0. The highest BCUT2D eigenvalue weighted by Crippen LogP contribution is 2.08. The van der Waals surface area contributed by atoms with Gasteiger partial charge in [0.1, 0.15) is 0 Å². The van der Waals surface area contributed by atoms with E-state index in [1.807, 2.05) is 0 Å². The van der Waals surface area contributed by atoms with Gasteiger partial charge in [-0.3, -0.25) is 0 Å². The third kappa shape index (κ3) is 13.4. The molecule has 0 fully saturated rings. The number of hydrogen-bond acceptors (Lipinski definition) is 0. The second kappa shape index (κ2) is 13.5. The quantitative estimate of drug-likeness (QED) is 0.292. The van der Waals surface area contributed by atoms with Crippen molar-refractivity contribution in [3.8, 4) is 0 Å². The lowest BCUT2D eigenvalue weighted by Gasteiger charge is -1.98. The molecule has 100 valence electrons. The Morgan fingerprint density at radius 2 is 1.47 bits per heavy atom. The van der Waals surface area contributed by atoms with Gasteiger partial charge in [-0.15, -0.1) is 0 Å². The Bertz CT molecular complexity index is 188. The molecule has 0 aliphatic heterocycles. The van der Waals surface area contributed by atoms with Gasteiger partial charge in [0.15, 0.2) is 0 Å². The van der Waals surface area contributed by atoms with Gasteiger partial charge in [0.25, 0.3) is 0 Å². The summed E-state index contributed by atoms with van der Waals surface area (Å²) in [6.45, 7) is 6.77. The molecule has 0 radical (unpaired) electrons. The van der Waals surface area contributed by atoms with Gasteiger partial charge < -0.3 is 0 Å². The van der Waals surface area contributed by atoms with Gasteiger partial charge in [-0.2, -0.15) is 0 Å². The lowest BCUT2D eigenvalue weighted by Crippen LogP contribution is -1.82. The Balaban J connectivity index is 3.22. The van der Waals surface area contributed by atoms with Gasteiger partial charge in [-0.25, -0.2) is 0 Å². The largest absolute Gasteiger partial charge is 0.0845 e. The first-order chi connectivity index (χ1) is 8.31. The van der Waals surface area contributed by atoms with E-state index in [-0.39, 0.29) is 0 Å². The summed E-state index contributed by atoms with van der Waals surface area (Å²) in [5.74, 6) is 0.721. The minimum atomic E-state index is 0.721. The molecule has 0 aliphatic carbocycles. The molecule has 0 aliphatic rings.